The standard InChI is InChI=1S/C12H16ClFN2/c1-9(16-6-4-15-5-7-16)10-2-3-11(13)12(14)8-10/h2-3,8-9,15H,4-7H2,1H3. The number of rotatable bonds is 2. The maximum Gasteiger partial charge on any atom is 0.142 e. The molecule has 2 rings (SSSR count). The average Bonchev–Trinajstić information content (AvgIpc) is 2.33. The lowest BCUT2D eigenvalue weighted by atomic mass is 10.1. The van der Waals surface area contributed by atoms with Crippen molar-refractivity contribution in [1.82, 2.24) is 10.2 Å². The predicted molar refractivity (Wildman–Crippen MR) is 64.3 cm³/mol. The zero-order valence-electron chi connectivity index (χ0n) is 9.34. The lowest BCUT2D eigenvalue weighted by molar-refractivity contribution is 0.185. The Morgan fingerprint density at radius 3 is 2.69 bits per heavy atom. The molecule has 1 aromatic rings. The molecule has 0 aliphatic carbocycles. The molecule has 1 unspecified atom stereocenters. The Morgan fingerprint density at radius 2 is 2.06 bits per heavy atom. The van der Waals surface area contributed by atoms with Crippen LogP contribution in [-0.4, -0.2) is 31.1 Å². The first-order valence-electron chi connectivity index (χ1n) is 5.58. The van der Waals surface area contributed by atoms with E-state index in [0.29, 0.717) is 0 Å². The van der Waals surface area contributed by atoms with Crippen molar-refractivity contribution in [1.29, 1.82) is 0 Å². The quantitative estimate of drug-likeness (QED) is 0.857. The van der Waals surface area contributed by atoms with Gasteiger partial charge in [-0.15, -0.1) is 0 Å². The van der Waals surface area contributed by atoms with E-state index in [1.807, 2.05) is 6.07 Å². The minimum absolute atomic E-state index is 0.191. The molecule has 4 heteroatoms. The lowest BCUT2D eigenvalue weighted by Crippen LogP contribution is -2.44. The Balaban J connectivity index is 2.12. The highest BCUT2D eigenvalue weighted by Gasteiger charge is 2.18. The molecule has 0 spiro atoms. The van der Waals surface area contributed by atoms with Crippen LogP contribution >= 0.6 is 11.6 Å². The molecule has 1 saturated heterocycles. The number of benzene rings is 1. The Labute approximate surface area is 100 Å². The highest BCUT2D eigenvalue weighted by Crippen LogP contribution is 2.24. The minimum Gasteiger partial charge on any atom is -0.314 e. The maximum absolute atomic E-state index is 13.3. The van der Waals surface area contributed by atoms with E-state index in [9.17, 15) is 4.39 Å². The zero-order chi connectivity index (χ0) is 11.5. The van der Waals surface area contributed by atoms with E-state index in [-0.39, 0.29) is 16.9 Å². The second-order valence-electron chi connectivity index (χ2n) is 4.14. The molecule has 16 heavy (non-hydrogen) atoms. The molecular formula is C12H16ClFN2. The second kappa shape index (κ2) is 5.13. The van der Waals surface area contributed by atoms with Crippen molar-refractivity contribution < 1.29 is 4.39 Å². The van der Waals surface area contributed by atoms with Crippen molar-refractivity contribution in [2.45, 2.75) is 13.0 Å². The van der Waals surface area contributed by atoms with Gasteiger partial charge in [-0.05, 0) is 24.6 Å². The third-order valence-electron chi connectivity index (χ3n) is 3.13. The van der Waals surface area contributed by atoms with Gasteiger partial charge in [-0.2, -0.15) is 0 Å². The van der Waals surface area contributed by atoms with E-state index in [2.05, 4.69) is 17.1 Å². The summed E-state index contributed by atoms with van der Waals surface area (Å²) in [5, 5.41) is 3.50. The molecule has 1 atom stereocenters. The fraction of sp³-hybridized carbons (Fsp3) is 0.500. The van der Waals surface area contributed by atoms with Gasteiger partial charge in [-0.3, -0.25) is 4.90 Å². The van der Waals surface area contributed by atoms with Crippen LogP contribution in [0.5, 0.6) is 0 Å². The second-order valence-corrected chi connectivity index (χ2v) is 4.54. The summed E-state index contributed by atoms with van der Waals surface area (Å²) in [5.74, 6) is -0.332. The number of hydrogen-bond donors (Lipinski definition) is 1. The van der Waals surface area contributed by atoms with Crippen LogP contribution in [0.3, 0.4) is 0 Å². The third-order valence-corrected chi connectivity index (χ3v) is 3.43. The number of halogens is 2. The molecule has 1 aliphatic heterocycles. The summed E-state index contributed by atoms with van der Waals surface area (Å²) in [6.45, 7) is 6.12. The molecule has 0 amide bonds. The Morgan fingerprint density at radius 1 is 1.38 bits per heavy atom. The topological polar surface area (TPSA) is 15.3 Å². The first-order chi connectivity index (χ1) is 7.68. The van der Waals surface area contributed by atoms with Crippen LogP contribution in [0.25, 0.3) is 0 Å². The summed E-state index contributed by atoms with van der Waals surface area (Å²) in [4.78, 5) is 2.35. The maximum atomic E-state index is 13.3. The molecule has 0 saturated carbocycles. The predicted octanol–water partition coefficient (Wildman–Crippen LogP) is 2.45. The van der Waals surface area contributed by atoms with Crippen LogP contribution < -0.4 is 5.32 Å². The normalized spacial score (nSPS) is 19.7. The van der Waals surface area contributed by atoms with Crippen molar-refractivity contribution >= 4 is 11.6 Å². The fourth-order valence-corrected chi connectivity index (χ4v) is 2.17. The van der Waals surface area contributed by atoms with Crippen LogP contribution in [-0.2, 0) is 0 Å². The summed E-state index contributed by atoms with van der Waals surface area (Å²) in [7, 11) is 0. The number of nitrogens with zero attached hydrogens (tertiary/aromatic N) is 1. The fourth-order valence-electron chi connectivity index (χ4n) is 2.05. The molecule has 0 bridgehead atoms. The number of nitrogens with one attached hydrogen (secondary N) is 1. The van der Waals surface area contributed by atoms with Gasteiger partial charge in [0.2, 0.25) is 0 Å². The van der Waals surface area contributed by atoms with E-state index < -0.39 is 0 Å². The highest BCUT2D eigenvalue weighted by molar-refractivity contribution is 6.30. The summed E-state index contributed by atoms with van der Waals surface area (Å²) < 4.78 is 13.3. The van der Waals surface area contributed by atoms with Gasteiger partial charge in [0.05, 0.1) is 5.02 Å². The van der Waals surface area contributed by atoms with Crippen LogP contribution in [0.1, 0.15) is 18.5 Å². The molecule has 0 aromatic heterocycles. The van der Waals surface area contributed by atoms with Crippen LogP contribution in [0, 0.1) is 5.82 Å². The van der Waals surface area contributed by atoms with Gasteiger partial charge in [-0.25, -0.2) is 4.39 Å². The molecule has 1 aromatic carbocycles. The van der Waals surface area contributed by atoms with E-state index in [1.54, 1.807) is 6.07 Å². The average molecular weight is 243 g/mol. The van der Waals surface area contributed by atoms with Crippen molar-refractivity contribution in [3.63, 3.8) is 0 Å². The van der Waals surface area contributed by atoms with Gasteiger partial charge in [0, 0.05) is 32.2 Å². The summed E-state index contributed by atoms with van der Waals surface area (Å²) in [6.07, 6.45) is 0. The first-order valence-corrected chi connectivity index (χ1v) is 5.96. The molecule has 1 aliphatic rings. The van der Waals surface area contributed by atoms with Gasteiger partial charge in [0.15, 0.2) is 0 Å². The molecule has 1 heterocycles. The van der Waals surface area contributed by atoms with Crippen molar-refractivity contribution in [2.24, 2.45) is 0 Å². The smallest absolute Gasteiger partial charge is 0.142 e. The van der Waals surface area contributed by atoms with E-state index in [0.717, 1.165) is 31.7 Å². The van der Waals surface area contributed by atoms with Crippen molar-refractivity contribution in [3.05, 3.63) is 34.6 Å². The van der Waals surface area contributed by atoms with Gasteiger partial charge >= 0.3 is 0 Å². The summed E-state index contributed by atoms with van der Waals surface area (Å²) in [5.41, 5.74) is 0.990. The molecule has 2 nitrogen and oxygen atoms in total. The van der Waals surface area contributed by atoms with Crippen LogP contribution in [0.15, 0.2) is 18.2 Å². The van der Waals surface area contributed by atoms with Gasteiger partial charge < -0.3 is 5.32 Å². The van der Waals surface area contributed by atoms with Gasteiger partial charge in [0.25, 0.3) is 0 Å². The monoisotopic (exact) mass is 242 g/mol. The van der Waals surface area contributed by atoms with Crippen molar-refractivity contribution in [2.75, 3.05) is 26.2 Å². The van der Waals surface area contributed by atoms with E-state index in [4.69, 9.17) is 11.6 Å². The van der Waals surface area contributed by atoms with Crippen LogP contribution in [0.4, 0.5) is 4.39 Å². The van der Waals surface area contributed by atoms with E-state index in [1.165, 1.54) is 6.07 Å². The van der Waals surface area contributed by atoms with Gasteiger partial charge in [0.1, 0.15) is 5.82 Å². The SMILES string of the molecule is CC(c1ccc(Cl)c(F)c1)N1CCNCC1. The third kappa shape index (κ3) is 2.54. The summed E-state index contributed by atoms with van der Waals surface area (Å²) >= 11 is 5.67. The summed E-state index contributed by atoms with van der Waals surface area (Å²) in [6, 6.07) is 5.31. The Bertz CT molecular complexity index is 364. The highest BCUT2D eigenvalue weighted by atomic mass is 35.5. The Hall–Kier alpha value is -0.640. The first kappa shape index (κ1) is 11.8. The molecule has 1 N–H and O–H groups in total. The number of piperazine rings is 1. The molecule has 0 radical (unpaired) electrons. The Kier molecular flexibility index (Phi) is 3.79. The molecular weight excluding hydrogens is 227 g/mol. The zero-order valence-corrected chi connectivity index (χ0v) is 10.1. The molecule has 88 valence electrons. The minimum atomic E-state index is -0.332. The number of hydrogen-bond acceptors (Lipinski definition) is 2. The molecule has 1 fully saturated rings. The van der Waals surface area contributed by atoms with Gasteiger partial charge in [-0.1, -0.05) is 17.7 Å². The largest absolute Gasteiger partial charge is 0.314 e. The van der Waals surface area contributed by atoms with Crippen molar-refractivity contribution in [3.8, 4) is 0 Å². The van der Waals surface area contributed by atoms with E-state index >= 15 is 0 Å². The lowest BCUT2D eigenvalue weighted by Gasteiger charge is -2.33. The van der Waals surface area contributed by atoms with Crippen LogP contribution in [0.2, 0.25) is 5.02 Å².